The highest BCUT2D eigenvalue weighted by Gasteiger charge is 2.35. The molecule has 3 rings (SSSR count). The molecule has 0 fully saturated rings. The summed E-state index contributed by atoms with van der Waals surface area (Å²) in [5, 5.41) is 0. The monoisotopic (exact) mass is 708 g/mol. The second-order valence-electron chi connectivity index (χ2n) is 12.1. The first-order chi connectivity index (χ1) is 19.7. The van der Waals surface area contributed by atoms with Crippen molar-refractivity contribution in [2.75, 3.05) is 28.4 Å². The van der Waals surface area contributed by atoms with E-state index in [1.165, 1.54) is 5.57 Å². The maximum atomic E-state index is 13.8. The van der Waals surface area contributed by atoms with Crippen LogP contribution >= 0.6 is 31.9 Å². The van der Waals surface area contributed by atoms with Crippen molar-refractivity contribution in [3.63, 3.8) is 0 Å². The Morgan fingerprint density at radius 3 is 2.14 bits per heavy atom. The van der Waals surface area contributed by atoms with E-state index in [-0.39, 0.29) is 20.9 Å². The molecular formula is C34H46Br2O6. The van der Waals surface area contributed by atoms with Crippen LogP contribution in [0.1, 0.15) is 99.9 Å². The quantitative estimate of drug-likeness (QED) is 0.144. The number of halogens is 2. The van der Waals surface area contributed by atoms with Gasteiger partial charge in [-0.3, -0.25) is 4.79 Å². The number of benzene rings is 2. The van der Waals surface area contributed by atoms with Crippen LogP contribution in [0.25, 0.3) is 0 Å². The number of hydrogen-bond acceptors (Lipinski definition) is 6. The van der Waals surface area contributed by atoms with Gasteiger partial charge in [-0.05, 0) is 51.5 Å². The smallest absolute Gasteiger partial charge is 0.174 e. The zero-order valence-corrected chi connectivity index (χ0v) is 29.7. The Balaban J connectivity index is 2.01. The van der Waals surface area contributed by atoms with Gasteiger partial charge in [0.1, 0.15) is 28.9 Å². The van der Waals surface area contributed by atoms with E-state index in [9.17, 15) is 4.79 Å². The average Bonchev–Trinajstić information content (AvgIpc) is 2.92. The summed E-state index contributed by atoms with van der Waals surface area (Å²) in [5.74, 6) is 2.93. The van der Waals surface area contributed by atoms with Crippen molar-refractivity contribution in [1.82, 2.24) is 0 Å². The number of allylic oxidation sites excluding steroid dienone is 2. The maximum absolute atomic E-state index is 13.8. The van der Waals surface area contributed by atoms with Gasteiger partial charge in [0.2, 0.25) is 0 Å². The third kappa shape index (κ3) is 8.68. The highest BCUT2D eigenvalue weighted by molar-refractivity contribution is 9.10. The Bertz CT molecular complexity index is 1290. The van der Waals surface area contributed by atoms with Crippen molar-refractivity contribution < 1.29 is 28.5 Å². The molecule has 0 bridgehead atoms. The number of methoxy groups -OCH3 is 4. The molecule has 2 aromatic carbocycles. The minimum absolute atomic E-state index is 0.0232. The fourth-order valence-corrected chi connectivity index (χ4v) is 5.88. The lowest BCUT2D eigenvalue weighted by molar-refractivity contribution is 0.0842. The van der Waals surface area contributed by atoms with E-state index in [1.54, 1.807) is 28.4 Å². The lowest BCUT2D eigenvalue weighted by Gasteiger charge is -2.30. The zero-order chi connectivity index (χ0) is 31.2. The van der Waals surface area contributed by atoms with Crippen molar-refractivity contribution in [1.29, 1.82) is 0 Å². The van der Waals surface area contributed by atoms with Crippen LogP contribution in [0.2, 0.25) is 0 Å². The molecule has 1 atom stereocenters. The SMILES string of the molecule is COc1cc2c(c(OC)c1CCC(C)(C)Br)C(=O)C[C@@H](c1ccc(OC)c(OC)c1C/C=C(\C)CCCC(C)(C)Br)O2. The number of hydrogen-bond donors (Lipinski definition) is 0. The maximum Gasteiger partial charge on any atom is 0.174 e. The molecule has 0 saturated carbocycles. The van der Waals surface area contributed by atoms with E-state index in [0.717, 1.165) is 42.4 Å². The van der Waals surface area contributed by atoms with E-state index in [4.69, 9.17) is 23.7 Å². The van der Waals surface area contributed by atoms with Crippen LogP contribution in [-0.2, 0) is 12.8 Å². The molecule has 0 aliphatic carbocycles. The molecule has 0 N–H and O–H groups in total. The summed E-state index contributed by atoms with van der Waals surface area (Å²) in [6.45, 7) is 10.8. The molecule has 0 amide bonds. The lowest BCUT2D eigenvalue weighted by Crippen LogP contribution is -2.23. The number of ketones is 1. The number of alkyl halides is 2. The molecule has 0 unspecified atom stereocenters. The van der Waals surface area contributed by atoms with E-state index in [0.29, 0.717) is 47.2 Å². The van der Waals surface area contributed by atoms with Crippen LogP contribution < -0.4 is 23.7 Å². The minimum atomic E-state index is -0.496. The third-order valence-electron chi connectivity index (χ3n) is 7.65. The molecule has 2 aromatic rings. The molecule has 0 spiro atoms. The largest absolute Gasteiger partial charge is 0.496 e. The number of carbonyl (C=O) groups excluding carboxylic acids is 1. The second-order valence-corrected chi connectivity index (χ2v) is 16.4. The number of ether oxygens (including phenoxy) is 5. The van der Waals surface area contributed by atoms with Crippen LogP contribution in [0, 0.1) is 0 Å². The van der Waals surface area contributed by atoms with Gasteiger partial charge in [0.15, 0.2) is 17.3 Å². The summed E-state index contributed by atoms with van der Waals surface area (Å²) in [6.07, 6.45) is 7.29. The van der Waals surface area contributed by atoms with Crippen LogP contribution in [0.5, 0.6) is 28.7 Å². The Morgan fingerprint density at radius 1 is 0.929 bits per heavy atom. The molecule has 1 aliphatic rings. The number of carbonyl (C=O) groups is 1. The molecule has 42 heavy (non-hydrogen) atoms. The molecule has 0 saturated heterocycles. The third-order valence-corrected chi connectivity index (χ3v) is 8.44. The van der Waals surface area contributed by atoms with Gasteiger partial charge < -0.3 is 23.7 Å². The van der Waals surface area contributed by atoms with Crippen molar-refractivity contribution in [2.45, 2.75) is 94.3 Å². The van der Waals surface area contributed by atoms with E-state index in [1.807, 2.05) is 18.2 Å². The average molecular weight is 711 g/mol. The van der Waals surface area contributed by atoms with Crippen molar-refractivity contribution in [3.05, 3.63) is 52.1 Å². The van der Waals surface area contributed by atoms with Gasteiger partial charge in [-0.2, -0.15) is 0 Å². The highest BCUT2D eigenvalue weighted by atomic mass is 79.9. The highest BCUT2D eigenvalue weighted by Crippen LogP contribution is 2.48. The molecule has 8 heteroatoms. The van der Waals surface area contributed by atoms with Gasteiger partial charge in [0, 0.05) is 31.4 Å². The summed E-state index contributed by atoms with van der Waals surface area (Å²) >= 11 is 7.46. The molecule has 232 valence electrons. The number of rotatable bonds is 14. The predicted molar refractivity (Wildman–Crippen MR) is 177 cm³/mol. The molecular weight excluding hydrogens is 664 g/mol. The van der Waals surface area contributed by atoms with Crippen LogP contribution in [0.3, 0.4) is 0 Å². The van der Waals surface area contributed by atoms with Gasteiger partial charge in [0.05, 0.1) is 34.9 Å². The summed E-state index contributed by atoms with van der Waals surface area (Å²) in [5.41, 5.74) is 4.51. The normalized spacial score (nSPS) is 15.6. The molecule has 6 nitrogen and oxygen atoms in total. The first-order valence-electron chi connectivity index (χ1n) is 14.5. The van der Waals surface area contributed by atoms with Gasteiger partial charge in [-0.25, -0.2) is 0 Å². The van der Waals surface area contributed by atoms with Gasteiger partial charge in [0.25, 0.3) is 0 Å². The van der Waals surface area contributed by atoms with E-state index in [2.05, 4.69) is 72.6 Å². The Morgan fingerprint density at radius 2 is 1.57 bits per heavy atom. The van der Waals surface area contributed by atoms with Gasteiger partial charge >= 0.3 is 0 Å². The first-order valence-corrected chi connectivity index (χ1v) is 16.1. The predicted octanol–water partition coefficient (Wildman–Crippen LogP) is 9.37. The molecule has 1 aliphatic heterocycles. The number of Topliss-reactive ketones (excluding diaryl/α,β-unsaturated/α-hetero) is 1. The van der Waals surface area contributed by atoms with Crippen molar-refractivity contribution >= 4 is 37.6 Å². The van der Waals surface area contributed by atoms with Crippen LogP contribution in [-0.4, -0.2) is 42.9 Å². The molecule has 1 heterocycles. The minimum Gasteiger partial charge on any atom is -0.496 e. The van der Waals surface area contributed by atoms with E-state index >= 15 is 0 Å². The fraction of sp³-hybridized carbons (Fsp3) is 0.559. The molecule has 0 aromatic heterocycles. The summed E-state index contributed by atoms with van der Waals surface area (Å²) < 4.78 is 29.7. The first kappa shape index (κ1) is 34.3. The Labute approximate surface area is 268 Å². The van der Waals surface area contributed by atoms with Crippen molar-refractivity contribution in [3.8, 4) is 28.7 Å². The molecule has 0 radical (unpaired) electrons. The summed E-state index contributed by atoms with van der Waals surface area (Å²) in [6, 6.07) is 5.69. The standard InChI is InChI=1S/C34H46Br2O6/c1-21(11-10-17-33(2,3)35)12-13-23-22(14-15-26(38-6)31(23)40-8)28-19-25(37)30-29(42-28)20-27(39-7)24(32(30)41-9)16-18-34(4,5)36/h12,14-15,20,28H,10-11,13,16-19H2,1-9H3/b21-12+/t28-/m0/s1. The topological polar surface area (TPSA) is 63.2 Å². The Hall–Kier alpha value is -2.19. The van der Waals surface area contributed by atoms with Crippen LogP contribution in [0.4, 0.5) is 0 Å². The van der Waals surface area contributed by atoms with Gasteiger partial charge in [-0.1, -0.05) is 77.3 Å². The summed E-state index contributed by atoms with van der Waals surface area (Å²) in [7, 11) is 6.50. The zero-order valence-electron chi connectivity index (χ0n) is 26.5. The Kier molecular flexibility index (Phi) is 11.9. The second kappa shape index (κ2) is 14.5. The summed E-state index contributed by atoms with van der Waals surface area (Å²) in [4.78, 5) is 13.8. The lowest BCUT2D eigenvalue weighted by atomic mass is 9.89. The fourth-order valence-electron chi connectivity index (χ4n) is 5.40. The van der Waals surface area contributed by atoms with Crippen molar-refractivity contribution in [2.24, 2.45) is 0 Å². The van der Waals surface area contributed by atoms with Gasteiger partial charge in [-0.15, -0.1) is 0 Å². The van der Waals surface area contributed by atoms with E-state index < -0.39 is 6.10 Å². The van der Waals surface area contributed by atoms with Crippen LogP contribution in [0.15, 0.2) is 29.8 Å². The number of fused-ring (bicyclic) bond motifs is 1.